The van der Waals surface area contributed by atoms with Crippen molar-refractivity contribution in [2.75, 3.05) is 26.7 Å². The smallest absolute Gasteiger partial charge is 0.252 e. The highest BCUT2D eigenvalue weighted by Crippen LogP contribution is 2.30. The normalized spacial score (nSPS) is 20.6. The largest absolute Gasteiger partial charge is 0.380 e. The lowest BCUT2D eigenvalue weighted by atomic mass is 10.3. The molecule has 1 saturated heterocycles. The van der Waals surface area contributed by atoms with E-state index in [4.69, 9.17) is 4.74 Å². The number of nitrogens with one attached hydrogen (secondary N) is 1. The van der Waals surface area contributed by atoms with E-state index in [1.54, 1.807) is 13.2 Å². The highest BCUT2D eigenvalue weighted by molar-refractivity contribution is 7.91. The Balaban J connectivity index is 2.18. The number of methoxy groups -OCH3 is 1. The molecular formula is C13H22N2O3S2. The first kappa shape index (κ1) is 15.9. The molecule has 7 heteroatoms. The first-order valence-electron chi connectivity index (χ1n) is 6.82. The molecule has 1 aromatic rings. The molecule has 20 heavy (non-hydrogen) atoms. The van der Waals surface area contributed by atoms with Gasteiger partial charge < -0.3 is 10.1 Å². The molecule has 1 aromatic heterocycles. The van der Waals surface area contributed by atoms with Crippen LogP contribution in [0.2, 0.25) is 0 Å². The summed E-state index contributed by atoms with van der Waals surface area (Å²) in [5.41, 5.74) is 1.04. The Morgan fingerprint density at radius 1 is 1.55 bits per heavy atom. The van der Waals surface area contributed by atoms with Gasteiger partial charge in [0.2, 0.25) is 0 Å². The zero-order valence-electron chi connectivity index (χ0n) is 12.2. The zero-order valence-corrected chi connectivity index (χ0v) is 13.8. The summed E-state index contributed by atoms with van der Waals surface area (Å²) in [6.45, 7) is 6.60. The van der Waals surface area contributed by atoms with Crippen LogP contribution in [0, 0.1) is 6.92 Å². The maximum Gasteiger partial charge on any atom is 0.252 e. The second kappa shape index (κ2) is 6.53. The number of ether oxygens (including phenoxy) is 1. The van der Waals surface area contributed by atoms with Gasteiger partial charge in [-0.2, -0.15) is 4.31 Å². The van der Waals surface area contributed by atoms with E-state index in [1.165, 1.54) is 15.6 Å². The van der Waals surface area contributed by atoms with Crippen LogP contribution < -0.4 is 5.32 Å². The van der Waals surface area contributed by atoms with Crippen LogP contribution in [-0.2, 0) is 21.3 Å². The van der Waals surface area contributed by atoms with Gasteiger partial charge in [-0.1, -0.05) is 6.92 Å². The molecule has 1 unspecified atom stereocenters. The van der Waals surface area contributed by atoms with Crippen LogP contribution >= 0.6 is 11.3 Å². The third-order valence-electron chi connectivity index (χ3n) is 3.57. The first-order valence-corrected chi connectivity index (χ1v) is 9.07. The quantitative estimate of drug-likeness (QED) is 0.865. The average Bonchev–Trinajstić information content (AvgIpc) is 3.03. The predicted octanol–water partition coefficient (Wildman–Crippen LogP) is 1.58. The van der Waals surface area contributed by atoms with E-state index in [1.807, 2.05) is 13.8 Å². The van der Waals surface area contributed by atoms with Crippen molar-refractivity contribution in [2.45, 2.75) is 37.1 Å². The lowest BCUT2D eigenvalue weighted by Gasteiger charge is -2.14. The molecule has 2 rings (SSSR count). The number of sulfonamides is 1. The molecule has 1 atom stereocenters. The van der Waals surface area contributed by atoms with Crippen LogP contribution in [0.25, 0.3) is 0 Å². The maximum atomic E-state index is 12.6. The molecule has 0 aliphatic carbocycles. The standard InChI is InChI=1S/C13H22N2O3S2/c1-4-14-8-12-10(2)7-13(19-12)20(16,17)15-6-5-11(9-15)18-3/h7,11,14H,4-6,8-9H2,1-3H3. The molecule has 5 nitrogen and oxygen atoms in total. The van der Waals surface area contributed by atoms with Gasteiger partial charge in [-0.25, -0.2) is 8.42 Å². The van der Waals surface area contributed by atoms with Crippen molar-refractivity contribution in [1.82, 2.24) is 9.62 Å². The monoisotopic (exact) mass is 318 g/mol. The van der Waals surface area contributed by atoms with Crippen molar-refractivity contribution < 1.29 is 13.2 Å². The van der Waals surface area contributed by atoms with Crippen LogP contribution in [0.3, 0.4) is 0 Å². The second-order valence-electron chi connectivity index (χ2n) is 4.96. The Labute approximate surface area is 125 Å². The Morgan fingerprint density at radius 3 is 2.90 bits per heavy atom. The van der Waals surface area contributed by atoms with Crippen LogP contribution in [-0.4, -0.2) is 45.6 Å². The minimum absolute atomic E-state index is 0.0204. The number of nitrogens with zero attached hydrogens (tertiary/aromatic N) is 1. The number of hydrogen-bond donors (Lipinski definition) is 1. The van der Waals surface area contributed by atoms with Gasteiger partial charge in [0, 0.05) is 31.6 Å². The molecule has 0 aromatic carbocycles. The van der Waals surface area contributed by atoms with Crippen LogP contribution in [0.4, 0.5) is 0 Å². The molecule has 1 aliphatic heterocycles. The fourth-order valence-corrected chi connectivity index (χ4v) is 5.47. The molecule has 0 amide bonds. The van der Waals surface area contributed by atoms with Gasteiger partial charge in [-0.05, 0) is 31.5 Å². The summed E-state index contributed by atoms with van der Waals surface area (Å²) in [6, 6.07) is 1.78. The fourth-order valence-electron chi connectivity index (χ4n) is 2.27. The Morgan fingerprint density at radius 2 is 2.30 bits per heavy atom. The van der Waals surface area contributed by atoms with E-state index in [-0.39, 0.29) is 6.10 Å². The number of aryl methyl sites for hydroxylation is 1. The van der Waals surface area contributed by atoms with Crippen molar-refractivity contribution in [3.05, 3.63) is 16.5 Å². The summed E-state index contributed by atoms with van der Waals surface area (Å²) >= 11 is 1.37. The number of thiophene rings is 1. The minimum Gasteiger partial charge on any atom is -0.380 e. The number of rotatable bonds is 6. The molecule has 0 saturated carbocycles. The van der Waals surface area contributed by atoms with Crippen molar-refractivity contribution in [3.8, 4) is 0 Å². The zero-order chi connectivity index (χ0) is 14.8. The third kappa shape index (κ3) is 3.23. The van der Waals surface area contributed by atoms with Gasteiger partial charge >= 0.3 is 0 Å². The SMILES string of the molecule is CCNCc1sc(S(=O)(=O)N2CCC(OC)C2)cc1C. The van der Waals surface area contributed by atoms with E-state index in [2.05, 4.69) is 5.32 Å². The lowest BCUT2D eigenvalue weighted by Crippen LogP contribution is -2.29. The maximum absolute atomic E-state index is 12.6. The lowest BCUT2D eigenvalue weighted by molar-refractivity contribution is 0.115. The fraction of sp³-hybridized carbons (Fsp3) is 0.692. The summed E-state index contributed by atoms with van der Waals surface area (Å²) in [4.78, 5) is 1.09. The van der Waals surface area contributed by atoms with Gasteiger partial charge in [-0.3, -0.25) is 0 Å². The highest BCUT2D eigenvalue weighted by atomic mass is 32.2. The summed E-state index contributed by atoms with van der Waals surface area (Å²) < 4.78 is 32.4. The Bertz CT molecular complexity index is 554. The molecule has 2 heterocycles. The third-order valence-corrected chi connectivity index (χ3v) is 7.12. The van der Waals surface area contributed by atoms with Crippen molar-refractivity contribution in [1.29, 1.82) is 0 Å². The minimum atomic E-state index is -3.36. The molecule has 114 valence electrons. The molecule has 0 radical (unpaired) electrons. The van der Waals surface area contributed by atoms with E-state index in [0.29, 0.717) is 17.3 Å². The van der Waals surface area contributed by atoms with Crippen molar-refractivity contribution in [2.24, 2.45) is 0 Å². The Kier molecular flexibility index (Phi) is 5.19. The van der Waals surface area contributed by atoms with E-state index >= 15 is 0 Å². The van der Waals surface area contributed by atoms with Crippen LogP contribution in [0.1, 0.15) is 23.8 Å². The van der Waals surface area contributed by atoms with Gasteiger partial charge in [0.05, 0.1) is 6.10 Å². The highest BCUT2D eigenvalue weighted by Gasteiger charge is 2.33. The Hall–Kier alpha value is -0.470. The van der Waals surface area contributed by atoms with E-state index in [9.17, 15) is 8.42 Å². The summed E-state index contributed by atoms with van der Waals surface area (Å²) in [5, 5.41) is 3.24. The van der Waals surface area contributed by atoms with E-state index in [0.717, 1.165) is 30.0 Å². The van der Waals surface area contributed by atoms with Crippen molar-refractivity contribution >= 4 is 21.4 Å². The number of hydrogen-bond acceptors (Lipinski definition) is 5. The first-order chi connectivity index (χ1) is 9.48. The molecule has 1 aliphatic rings. The molecule has 0 bridgehead atoms. The van der Waals surface area contributed by atoms with Crippen molar-refractivity contribution in [3.63, 3.8) is 0 Å². The average molecular weight is 318 g/mol. The van der Waals surface area contributed by atoms with Crippen LogP contribution in [0.5, 0.6) is 0 Å². The topological polar surface area (TPSA) is 58.6 Å². The van der Waals surface area contributed by atoms with Gasteiger partial charge in [0.15, 0.2) is 0 Å². The van der Waals surface area contributed by atoms with Crippen LogP contribution in [0.15, 0.2) is 10.3 Å². The molecule has 0 spiro atoms. The van der Waals surface area contributed by atoms with E-state index < -0.39 is 10.0 Å². The van der Waals surface area contributed by atoms with Gasteiger partial charge in [0.1, 0.15) is 4.21 Å². The summed E-state index contributed by atoms with van der Waals surface area (Å²) in [6.07, 6.45) is 0.789. The predicted molar refractivity (Wildman–Crippen MR) is 80.6 cm³/mol. The molecule has 1 fully saturated rings. The van der Waals surface area contributed by atoms with Gasteiger partial charge in [0.25, 0.3) is 10.0 Å². The summed E-state index contributed by atoms with van der Waals surface area (Å²) in [7, 11) is -1.73. The van der Waals surface area contributed by atoms with Gasteiger partial charge in [-0.15, -0.1) is 11.3 Å². The molecular weight excluding hydrogens is 296 g/mol. The second-order valence-corrected chi connectivity index (χ2v) is 8.26. The molecule has 1 N–H and O–H groups in total. The summed E-state index contributed by atoms with van der Waals surface area (Å²) in [5.74, 6) is 0.